The maximum Gasteiger partial charge on any atom is 0.333 e. The number of benzene rings is 2. The van der Waals surface area contributed by atoms with Crippen LogP contribution in [0.5, 0.6) is 0 Å². The maximum absolute atomic E-state index is 12.1. The summed E-state index contributed by atoms with van der Waals surface area (Å²) >= 11 is 0. The first-order valence-electron chi connectivity index (χ1n) is 9.38. The summed E-state index contributed by atoms with van der Waals surface area (Å²) in [6.07, 6.45) is 2.12. The molecule has 1 aromatic heterocycles. The van der Waals surface area contributed by atoms with Crippen LogP contribution in [-0.2, 0) is 0 Å². The van der Waals surface area contributed by atoms with Gasteiger partial charge in [0.2, 0.25) is 0 Å². The van der Waals surface area contributed by atoms with Crippen molar-refractivity contribution in [2.75, 3.05) is 31.5 Å². The fraction of sp³-hybridized carbons (Fsp3) is 0.286. The van der Waals surface area contributed by atoms with Crippen LogP contribution in [-0.4, -0.2) is 47.1 Å². The summed E-state index contributed by atoms with van der Waals surface area (Å²) in [5.74, 6) is 0. The first-order chi connectivity index (χ1) is 13.2. The topological polar surface area (TPSA) is 63.4 Å². The number of hydrazine groups is 1. The monoisotopic (exact) mass is 363 g/mol. The van der Waals surface area contributed by atoms with Crippen LogP contribution in [0.2, 0.25) is 0 Å². The second-order valence-electron chi connectivity index (χ2n) is 6.92. The quantitative estimate of drug-likeness (QED) is 0.664. The maximum atomic E-state index is 12.1. The van der Waals surface area contributed by atoms with E-state index in [0.717, 1.165) is 31.9 Å². The molecule has 27 heavy (non-hydrogen) atoms. The highest BCUT2D eigenvalue weighted by Gasteiger charge is 2.24. The summed E-state index contributed by atoms with van der Waals surface area (Å²) in [6.45, 7) is 5.67. The minimum atomic E-state index is -0.195. The molecule has 1 fully saturated rings. The Hall–Kier alpha value is -2.83. The molecule has 1 saturated heterocycles. The van der Waals surface area contributed by atoms with Crippen molar-refractivity contribution in [1.82, 2.24) is 20.3 Å². The van der Waals surface area contributed by atoms with Crippen LogP contribution in [0, 0.1) is 0 Å². The van der Waals surface area contributed by atoms with Crippen molar-refractivity contribution in [3.8, 4) is 0 Å². The number of carbonyl (C=O) groups is 1. The van der Waals surface area contributed by atoms with Crippen molar-refractivity contribution in [2.24, 2.45) is 0 Å². The number of aromatic nitrogens is 1. The third kappa shape index (κ3) is 3.97. The minimum Gasteiger partial charge on any atom is -0.361 e. The Kier molecular flexibility index (Phi) is 5.09. The molecule has 0 saturated carbocycles. The molecule has 2 aromatic carbocycles. The third-order valence-electron chi connectivity index (χ3n) is 5.22. The molecule has 2 amide bonds. The number of urea groups is 1. The van der Waals surface area contributed by atoms with Crippen LogP contribution in [0.1, 0.15) is 18.5 Å². The van der Waals surface area contributed by atoms with E-state index >= 15 is 0 Å². The lowest BCUT2D eigenvalue weighted by Crippen LogP contribution is -2.54. The molecule has 1 atom stereocenters. The normalized spacial score (nSPS) is 16.9. The predicted octanol–water partition coefficient (Wildman–Crippen LogP) is 3.58. The number of fused-ring (bicyclic) bond motifs is 1. The molecule has 6 nitrogen and oxygen atoms in total. The number of rotatable bonds is 4. The number of aromatic amines is 1. The summed E-state index contributed by atoms with van der Waals surface area (Å²) in [6, 6.07) is 18.0. The number of nitrogens with zero attached hydrogens (tertiary/aromatic N) is 2. The van der Waals surface area contributed by atoms with E-state index in [-0.39, 0.29) is 6.03 Å². The van der Waals surface area contributed by atoms with E-state index in [1.54, 1.807) is 0 Å². The molecule has 0 spiro atoms. The molecule has 1 unspecified atom stereocenters. The number of anilines is 1. The van der Waals surface area contributed by atoms with Crippen LogP contribution in [0.25, 0.3) is 10.9 Å². The minimum absolute atomic E-state index is 0.195. The van der Waals surface area contributed by atoms with Crippen molar-refractivity contribution in [3.05, 3.63) is 66.4 Å². The molecule has 2 heterocycles. The summed E-state index contributed by atoms with van der Waals surface area (Å²) in [5, 5.41) is 6.12. The molecular formula is C21H25N5O. The zero-order valence-electron chi connectivity index (χ0n) is 15.5. The second-order valence-corrected chi connectivity index (χ2v) is 6.92. The van der Waals surface area contributed by atoms with Crippen molar-refractivity contribution in [3.63, 3.8) is 0 Å². The molecular weight excluding hydrogens is 338 g/mol. The summed E-state index contributed by atoms with van der Waals surface area (Å²) in [7, 11) is 0. The molecule has 0 aliphatic carbocycles. The lowest BCUT2D eigenvalue weighted by Gasteiger charge is -2.37. The summed E-state index contributed by atoms with van der Waals surface area (Å²) in [4.78, 5) is 18.0. The van der Waals surface area contributed by atoms with Gasteiger partial charge in [0.25, 0.3) is 0 Å². The first-order valence-corrected chi connectivity index (χ1v) is 9.38. The first kappa shape index (κ1) is 17.6. The van der Waals surface area contributed by atoms with Crippen molar-refractivity contribution in [2.45, 2.75) is 13.0 Å². The Morgan fingerprint density at radius 3 is 2.48 bits per heavy atom. The van der Waals surface area contributed by atoms with E-state index in [2.05, 4.69) is 58.0 Å². The van der Waals surface area contributed by atoms with Crippen LogP contribution < -0.4 is 10.7 Å². The van der Waals surface area contributed by atoms with Crippen molar-refractivity contribution >= 4 is 22.6 Å². The second kappa shape index (κ2) is 7.82. The van der Waals surface area contributed by atoms with Crippen LogP contribution >= 0.6 is 0 Å². The largest absolute Gasteiger partial charge is 0.361 e. The number of hydrogen-bond donors (Lipinski definition) is 3. The van der Waals surface area contributed by atoms with Gasteiger partial charge in [0.15, 0.2) is 0 Å². The van der Waals surface area contributed by atoms with Gasteiger partial charge >= 0.3 is 6.03 Å². The number of amides is 2. The molecule has 1 aliphatic rings. The summed E-state index contributed by atoms with van der Waals surface area (Å²) < 4.78 is 0. The predicted molar refractivity (Wildman–Crippen MR) is 108 cm³/mol. The smallest absolute Gasteiger partial charge is 0.333 e. The van der Waals surface area contributed by atoms with Gasteiger partial charge in [0, 0.05) is 55.0 Å². The number of nitrogens with one attached hydrogen (secondary N) is 3. The number of H-pyrrole nitrogens is 1. The molecule has 0 radical (unpaired) electrons. The average Bonchev–Trinajstić information content (AvgIpc) is 3.13. The van der Waals surface area contributed by atoms with E-state index in [1.165, 1.54) is 16.5 Å². The number of para-hydroxylation sites is 2. The third-order valence-corrected chi connectivity index (χ3v) is 5.22. The molecule has 3 aromatic rings. The number of carbonyl (C=O) groups excluding carboxylic acids is 1. The van der Waals surface area contributed by atoms with Crippen LogP contribution in [0.3, 0.4) is 0 Å². The van der Waals surface area contributed by atoms with Crippen molar-refractivity contribution in [1.29, 1.82) is 0 Å². The van der Waals surface area contributed by atoms with Gasteiger partial charge in [0.05, 0.1) is 0 Å². The van der Waals surface area contributed by atoms with Crippen LogP contribution in [0.15, 0.2) is 60.8 Å². The van der Waals surface area contributed by atoms with Gasteiger partial charge in [-0.3, -0.25) is 10.3 Å². The molecule has 140 valence electrons. The van der Waals surface area contributed by atoms with Crippen LogP contribution in [0.4, 0.5) is 10.5 Å². The van der Waals surface area contributed by atoms with Crippen molar-refractivity contribution < 1.29 is 4.79 Å². The number of piperazine rings is 1. The number of hydrogen-bond acceptors (Lipinski definition) is 3. The van der Waals surface area contributed by atoms with Gasteiger partial charge in [0.1, 0.15) is 0 Å². The van der Waals surface area contributed by atoms with Gasteiger partial charge in [-0.05, 0) is 30.7 Å². The lowest BCUT2D eigenvalue weighted by atomic mass is 10.1. The molecule has 0 bridgehead atoms. The van der Waals surface area contributed by atoms with Gasteiger partial charge < -0.3 is 10.3 Å². The molecule has 4 rings (SSSR count). The zero-order chi connectivity index (χ0) is 18.6. The average molecular weight is 363 g/mol. The van der Waals surface area contributed by atoms with E-state index in [4.69, 9.17) is 0 Å². The highest BCUT2D eigenvalue weighted by Crippen LogP contribution is 2.28. The van der Waals surface area contributed by atoms with E-state index in [0.29, 0.717) is 6.04 Å². The highest BCUT2D eigenvalue weighted by molar-refractivity contribution is 5.88. The van der Waals surface area contributed by atoms with Gasteiger partial charge in [-0.15, -0.1) is 0 Å². The molecule has 6 heteroatoms. The standard InChI is InChI=1S/C21H25N5O/c1-16(19-15-22-20-10-6-5-9-18(19)20)25-11-13-26(14-12-25)24-21(27)23-17-7-3-2-4-8-17/h2-10,15-16,22H,11-14H2,1H3,(H2,23,24,27). The van der Waals surface area contributed by atoms with Gasteiger partial charge in [-0.25, -0.2) is 9.80 Å². The Labute approximate surface area is 159 Å². The Bertz CT molecular complexity index is 899. The van der Waals surface area contributed by atoms with E-state index in [1.807, 2.05) is 35.3 Å². The molecule has 3 N–H and O–H groups in total. The SMILES string of the molecule is CC(c1c[nH]c2ccccc12)N1CCN(NC(=O)Nc2ccccc2)CC1. The van der Waals surface area contributed by atoms with E-state index in [9.17, 15) is 4.79 Å². The molecule has 1 aliphatic heterocycles. The highest BCUT2D eigenvalue weighted by atomic mass is 16.2. The summed E-state index contributed by atoms with van der Waals surface area (Å²) in [5.41, 5.74) is 6.24. The Morgan fingerprint density at radius 2 is 1.70 bits per heavy atom. The zero-order valence-corrected chi connectivity index (χ0v) is 15.5. The van der Waals surface area contributed by atoms with Gasteiger partial charge in [-0.2, -0.15) is 0 Å². The Morgan fingerprint density at radius 1 is 1.00 bits per heavy atom. The lowest BCUT2D eigenvalue weighted by molar-refractivity contribution is 0.0785. The fourth-order valence-electron chi connectivity index (χ4n) is 3.68. The Balaban J connectivity index is 1.31. The fourth-order valence-corrected chi connectivity index (χ4v) is 3.68. The van der Waals surface area contributed by atoms with Gasteiger partial charge in [-0.1, -0.05) is 36.4 Å². The van der Waals surface area contributed by atoms with E-state index < -0.39 is 0 Å².